The lowest BCUT2D eigenvalue weighted by Gasteiger charge is -2.33. The number of hydrogen-bond acceptors (Lipinski definition) is 8. The molecule has 176 valence electrons. The van der Waals surface area contributed by atoms with E-state index in [2.05, 4.69) is 36.4 Å². The van der Waals surface area contributed by atoms with Crippen LogP contribution in [0.3, 0.4) is 0 Å². The number of amides is 1. The van der Waals surface area contributed by atoms with Crippen molar-refractivity contribution in [3.8, 4) is 11.6 Å². The fraction of sp³-hybridized carbons (Fsp3) is 0.400. The van der Waals surface area contributed by atoms with Gasteiger partial charge in [0.15, 0.2) is 11.5 Å². The number of nitrogens with one attached hydrogen (secondary N) is 1. The monoisotopic (exact) mass is 460 g/mol. The summed E-state index contributed by atoms with van der Waals surface area (Å²) < 4.78 is 11.2. The third-order valence-corrected chi connectivity index (χ3v) is 6.42. The molecule has 1 amide bonds. The van der Waals surface area contributed by atoms with E-state index in [1.165, 1.54) is 5.56 Å². The Morgan fingerprint density at radius 2 is 1.97 bits per heavy atom. The number of fused-ring (bicyclic) bond motifs is 1. The number of anilines is 1. The first-order valence-electron chi connectivity index (χ1n) is 11.6. The standard InChI is InChI=1S/C25H28N6O3/c1-16-14-21(25(32)28-20-7-5-17-4-3-11-26-23(17)20)29-30-24(16)31-12-9-18(10-13-31)34-19-6-8-22(33-2)27-15-19/h3-4,6,8,11,14-15,18,20H,5,7,9-10,12-13H2,1-2H3,(H,28,32). The van der Waals surface area contributed by atoms with Gasteiger partial charge in [-0.3, -0.25) is 9.78 Å². The molecule has 5 rings (SSSR count). The molecule has 9 heteroatoms. The van der Waals surface area contributed by atoms with Gasteiger partial charge in [0.1, 0.15) is 11.9 Å². The second kappa shape index (κ2) is 9.62. The lowest BCUT2D eigenvalue weighted by molar-refractivity contribution is 0.0929. The van der Waals surface area contributed by atoms with Gasteiger partial charge in [0, 0.05) is 38.2 Å². The van der Waals surface area contributed by atoms with Crippen LogP contribution < -0.4 is 19.7 Å². The SMILES string of the molecule is COc1ccc(OC2CCN(c3nnc(C(=O)NC4CCc5cccnc54)cc3C)CC2)cn1. The van der Waals surface area contributed by atoms with Gasteiger partial charge in [0.05, 0.1) is 25.0 Å². The van der Waals surface area contributed by atoms with E-state index < -0.39 is 0 Å². The molecule has 1 atom stereocenters. The Morgan fingerprint density at radius 1 is 1.12 bits per heavy atom. The third-order valence-electron chi connectivity index (χ3n) is 6.42. The van der Waals surface area contributed by atoms with Crippen molar-refractivity contribution in [2.45, 2.75) is 44.8 Å². The summed E-state index contributed by atoms with van der Waals surface area (Å²) in [5.41, 5.74) is 3.41. The zero-order valence-electron chi connectivity index (χ0n) is 19.4. The van der Waals surface area contributed by atoms with Crippen LogP contribution in [0.1, 0.15) is 52.6 Å². The van der Waals surface area contributed by atoms with Crippen LogP contribution >= 0.6 is 0 Å². The van der Waals surface area contributed by atoms with Crippen molar-refractivity contribution >= 4 is 11.7 Å². The lowest BCUT2D eigenvalue weighted by Crippen LogP contribution is -2.39. The summed E-state index contributed by atoms with van der Waals surface area (Å²) in [5.74, 6) is 1.91. The van der Waals surface area contributed by atoms with Crippen molar-refractivity contribution in [3.63, 3.8) is 0 Å². The van der Waals surface area contributed by atoms with E-state index in [0.717, 1.165) is 61.6 Å². The van der Waals surface area contributed by atoms with Crippen LogP contribution in [0.2, 0.25) is 0 Å². The summed E-state index contributed by atoms with van der Waals surface area (Å²) >= 11 is 0. The highest BCUT2D eigenvalue weighted by molar-refractivity contribution is 5.92. The number of rotatable bonds is 6. The topological polar surface area (TPSA) is 102 Å². The molecular weight excluding hydrogens is 432 g/mol. The first-order valence-corrected chi connectivity index (χ1v) is 11.6. The Bertz CT molecular complexity index is 1160. The average Bonchev–Trinajstić information content (AvgIpc) is 3.28. The predicted octanol–water partition coefficient (Wildman–Crippen LogP) is 3.05. The van der Waals surface area contributed by atoms with Crippen molar-refractivity contribution in [1.29, 1.82) is 0 Å². The minimum Gasteiger partial charge on any atom is -0.489 e. The first kappa shape index (κ1) is 22.1. The quantitative estimate of drug-likeness (QED) is 0.599. The fourth-order valence-electron chi connectivity index (χ4n) is 4.62. The van der Waals surface area contributed by atoms with Gasteiger partial charge >= 0.3 is 0 Å². The highest BCUT2D eigenvalue weighted by atomic mass is 16.5. The maximum absolute atomic E-state index is 12.8. The van der Waals surface area contributed by atoms with Gasteiger partial charge in [-0.2, -0.15) is 0 Å². The molecule has 2 aliphatic rings. The Hall–Kier alpha value is -3.75. The molecular formula is C25H28N6O3. The molecule has 9 nitrogen and oxygen atoms in total. The molecule has 34 heavy (non-hydrogen) atoms. The van der Waals surface area contributed by atoms with Crippen LogP contribution in [-0.2, 0) is 6.42 Å². The summed E-state index contributed by atoms with van der Waals surface area (Å²) in [6.07, 6.45) is 7.08. The Kier molecular flexibility index (Phi) is 6.24. The number of nitrogens with zero attached hydrogens (tertiary/aromatic N) is 5. The molecule has 0 spiro atoms. The number of aryl methyl sites for hydroxylation is 2. The van der Waals surface area contributed by atoms with Crippen LogP contribution in [-0.4, -0.2) is 52.4 Å². The number of pyridine rings is 2. The van der Waals surface area contributed by atoms with E-state index in [9.17, 15) is 4.79 Å². The summed E-state index contributed by atoms with van der Waals surface area (Å²) in [4.78, 5) is 23.7. The van der Waals surface area contributed by atoms with Crippen molar-refractivity contribution in [2.75, 3.05) is 25.1 Å². The highest BCUT2D eigenvalue weighted by Crippen LogP contribution is 2.29. The molecule has 0 aromatic carbocycles. The molecule has 1 aliphatic heterocycles. The number of aromatic nitrogens is 4. The normalized spacial score (nSPS) is 17.8. The summed E-state index contributed by atoms with van der Waals surface area (Å²) in [6, 6.07) is 9.40. The van der Waals surface area contributed by atoms with E-state index in [0.29, 0.717) is 11.6 Å². The molecule has 3 aromatic rings. The van der Waals surface area contributed by atoms with Crippen molar-refractivity contribution < 1.29 is 14.3 Å². The van der Waals surface area contributed by atoms with E-state index in [-0.39, 0.29) is 18.1 Å². The molecule has 1 aliphatic carbocycles. The molecule has 0 bridgehead atoms. The molecule has 1 N–H and O–H groups in total. The van der Waals surface area contributed by atoms with E-state index in [1.54, 1.807) is 25.6 Å². The summed E-state index contributed by atoms with van der Waals surface area (Å²) in [7, 11) is 1.59. The lowest BCUT2D eigenvalue weighted by atomic mass is 10.1. The largest absolute Gasteiger partial charge is 0.489 e. The minimum absolute atomic E-state index is 0.0783. The Balaban J connectivity index is 1.18. The van der Waals surface area contributed by atoms with Gasteiger partial charge in [-0.15, -0.1) is 10.2 Å². The van der Waals surface area contributed by atoms with Crippen LogP contribution in [0.25, 0.3) is 0 Å². The zero-order chi connectivity index (χ0) is 23.5. The molecule has 0 saturated carbocycles. The van der Waals surface area contributed by atoms with Gasteiger partial charge in [-0.05, 0) is 49.1 Å². The number of carbonyl (C=O) groups excluding carboxylic acids is 1. The van der Waals surface area contributed by atoms with Gasteiger partial charge in [0.25, 0.3) is 5.91 Å². The number of ether oxygens (including phenoxy) is 2. The van der Waals surface area contributed by atoms with Crippen LogP contribution in [0.5, 0.6) is 11.6 Å². The fourth-order valence-corrected chi connectivity index (χ4v) is 4.62. The second-order valence-corrected chi connectivity index (χ2v) is 8.69. The maximum Gasteiger partial charge on any atom is 0.272 e. The van der Waals surface area contributed by atoms with Crippen LogP contribution in [0.15, 0.2) is 42.7 Å². The van der Waals surface area contributed by atoms with Crippen LogP contribution in [0, 0.1) is 6.92 Å². The van der Waals surface area contributed by atoms with Crippen molar-refractivity contribution in [1.82, 2.24) is 25.5 Å². The predicted molar refractivity (Wildman–Crippen MR) is 126 cm³/mol. The Labute approximate surface area is 198 Å². The third kappa shape index (κ3) is 4.64. The van der Waals surface area contributed by atoms with Crippen LogP contribution in [0.4, 0.5) is 5.82 Å². The summed E-state index contributed by atoms with van der Waals surface area (Å²) in [5, 5.41) is 11.7. The van der Waals surface area contributed by atoms with Gasteiger partial charge in [-0.25, -0.2) is 4.98 Å². The second-order valence-electron chi connectivity index (χ2n) is 8.69. The maximum atomic E-state index is 12.8. The molecule has 1 saturated heterocycles. The molecule has 0 radical (unpaired) electrons. The van der Waals surface area contributed by atoms with Gasteiger partial charge in [-0.1, -0.05) is 6.07 Å². The summed E-state index contributed by atoms with van der Waals surface area (Å²) in [6.45, 7) is 3.58. The molecule has 1 fully saturated rings. The van der Waals surface area contributed by atoms with Crippen molar-refractivity contribution in [3.05, 3.63) is 65.2 Å². The number of carbonyl (C=O) groups is 1. The zero-order valence-corrected chi connectivity index (χ0v) is 19.4. The number of methoxy groups -OCH3 is 1. The molecule has 3 aromatic heterocycles. The average molecular weight is 461 g/mol. The van der Waals surface area contributed by atoms with E-state index >= 15 is 0 Å². The van der Waals surface area contributed by atoms with Gasteiger partial charge in [0.2, 0.25) is 5.88 Å². The number of piperidine rings is 1. The van der Waals surface area contributed by atoms with E-state index in [4.69, 9.17) is 9.47 Å². The van der Waals surface area contributed by atoms with E-state index in [1.807, 2.05) is 25.1 Å². The smallest absolute Gasteiger partial charge is 0.272 e. The Morgan fingerprint density at radius 3 is 2.71 bits per heavy atom. The van der Waals surface area contributed by atoms with Gasteiger partial charge < -0.3 is 19.7 Å². The minimum atomic E-state index is -0.217. The molecule has 1 unspecified atom stereocenters. The van der Waals surface area contributed by atoms with Crippen molar-refractivity contribution in [2.24, 2.45) is 0 Å². The molecule has 4 heterocycles. The number of hydrogen-bond donors (Lipinski definition) is 1. The highest BCUT2D eigenvalue weighted by Gasteiger charge is 2.27. The first-order chi connectivity index (χ1) is 16.6.